The second-order valence-electron chi connectivity index (χ2n) is 6.29. The number of carboxylic acid groups (broad SMARTS) is 1. The zero-order valence-corrected chi connectivity index (χ0v) is 19.1. The Kier molecular flexibility index (Phi) is 8.68. The minimum absolute atomic E-state index is 0.0104. The van der Waals surface area contributed by atoms with E-state index in [1.807, 2.05) is 0 Å². The second kappa shape index (κ2) is 11.0. The van der Waals surface area contributed by atoms with Gasteiger partial charge in [0.05, 0.1) is 0 Å². The number of nitrogen functional groups attached to an aromatic ring is 1. The van der Waals surface area contributed by atoms with Crippen molar-refractivity contribution in [1.29, 1.82) is 0 Å². The number of amides is 2. The van der Waals surface area contributed by atoms with E-state index in [1.165, 1.54) is 19.4 Å². The van der Waals surface area contributed by atoms with E-state index in [-0.39, 0.29) is 15.1 Å². The molecule has 0 bridgehead atoms. The topological polar surface area (TPSA) is 246 Å². The Balaban J connectivity index is 2.20. The molecule has 1 fully saturated rings. The van der Waals surface area contributed by atoms with Crippen molar-refractivity contribution in [2.75, 3.05) is 26.1 Å². The predicted octanol–water partition coefficient (Wildman–Crippen LogP) is -1.83. The molecule has 1 aliphatic rings. The van der Waals surface area contributed by atoms with Gasteiger partial charge in [0.25, 0.3) is 11.8 Å². The molecule has 0 radical (unpaired) electrons. The van der Waals surface area contributed by atoms with Crippen LogP contribution in [0.4, 0.5) is 9.93 Å². The number of nitrogens with one attached hydrogen (secondary N) is 1. The van der Waals surface area contributed by atoms with Crippen LogP contribution in [-0.2, 0) is 43.7 Å². The maximum atomic E-state index is 12.7. The summed E-state index contributed by atoms with van der Waals surface area (Å²) in [5, 5.41) is 15.5. The number of hydrogen-bond donors (Lipinski definition) is 4. The molecule has 5 N–H and O–H groups in total. The van der Waals surface area contributed by atoms with Crippen LogP contribution in [0.25, 0.3) is 0 Å². The first-order valence-electron chi connectivity index (χ1n) is 8.96. The summed E-state index contributed by atoms with van der Waals surface area (Å²) in [6, 6.07) is -3.17. The summed E-state index contributed by atoms with van der Waals surface area (Å²) in [5.74, 6) is -3.79. The number of aliphatic carboxylic acids is 1. The minimum atomic E-state index is -5.07. The first-order chi connectivity index (χ1) is 15.8. The van der Waals surface area contributed by atoms with Crippen molar-refractivity contribution >= 4 is 56.4 Å². The number of carboxylic acids is 1. The summed E-state index contributed by atoms with van der Waals surface area (Å²) >= 11 is 0.916. The van der Waals surface area contributed by atoms with Crippen molar-refractivity contribution in [3.8, 4) is 0 Å². The predicted molar refractivity (Wildman–Crippen MR) is 110 cm³/mol. The van der Waals surface area contributed by atoms with Crippen LogP contribution in [0.1, 0.15) is 12.6 Å². The fraction of sp³-hybridized carbons (Fsp3) is 0.467. The van der Waals surface area contributed by atoms with Gasteiger partial charge in [-0.25, -0.2) is 18.9 Å². The van der Waals surface area contributed by atoms with Gasteiger partial charge in [-0.2, -0.15) is 8.42 Å². The highest BCUT2D eigenvalue weighted by Gasteiger charge is 2.55. The Morgan fingerprint density at radius 3 is 2.62 bits per heavy atom. The Morgan fingerprint density at radius 2 is 2.09 bits per heavy atom. The first kappa shape index (κ1) is 26.7. The van der Waals surface area contributed by atoms with Gasteiger partial charge < -0.3 is 35.2 Å². The molecule has 19 heteroatoms. The van der Waals surface area contributed by atoms with E-state index in [9.17, 15) is 32.1 Å². The highest BCUT2D eigenvalue weighted by Crippen LogP contribution is 2.24. The molecule has 34 heavy (non-hydrogen) atoms. The van der Waals surface area contributed by atoms with Crippen LogP contribution in [0.5, 0.6) is 0 Å². The van der Waals surface area contributed by atoms with Crippen LogP contribution in [0.2, 0.25) is 0 Å². The lowest BCUT2D eigenvalue weighted by Gasteiger charge is -2.43. The normalized spacial score (nSPS) is 19.1. The van der Waals surface area contributed by atoms with E-state index < -0.39 is 71.5 Å². The summed E-state index contributed by atoms with van der Waals surface area (Å²) < 4.78 is 46.4. The number of thiazole rings is 1. The third-order valence-corrected chi connectivity index (χ3v) is 5.62. The quantitative estimate of drug-likeness (QED) is 0.0620. The molecule has 2 heterocycles. The van der Waals surface area contributed by atoms with Gasteiger partial charge in [-0.1, -0.05) is 5.16 Å². The van der Waals surface area contributed by atoms with Gasteiger partial charge in [-0.15, -0.1) is 11.3 Å². The Labute approximate surface area is 195 Å². The third-order valence-electron chi connectivity index (χ3n) is 3.99. The van der Waals surface area contributed by atoms with Gasteiger partial charge in [-0.05, 0) is 6.92 Å². The number of rotatable bonds is 11. The fourth-order valence-corrected chi connectivity index (χ4v) is 3.87. The summed E-state index contributed by atoms with van der Waals surface area (Å²) in [4.78, 5) is 55.7. The van der Waals surface area contributed by atoms with E-state index in [4.69, 9.17) is 20.3 Å². The summed E-state index contributed by atoms with van der Waals surface area (Å²) in [5.41, 5.74) is 4.80. The summed E-state index contributed by atoms with van der Waals surface area (Å²) in [6.07, 6.45) is -2.28. The van der Waals surface area contributed by atoms with E-state index >= 15 is 0 Å². The molecule has 0 aromatic carbocycles. The van der Waals surface area contributed by atoms with Gasteiger partial charge in [0, 0.05) is 12.5 Å². The molecule has 1 aliphatic heterocycles. The number of methoxy groups -OCH3 is 1. The standard InChI is InChI=1S/C15H19N5O12S2/c1-6(29-2)32-15(25)30-3-8-11(13(24)20(8)34(26,27)28)18-12(23)10(19-31-4-9(21)22)7-5-33-14(16)17-7/h5-6,8,11H,3-4H2,1-2H3,(H2,16,17)(H,18,23)(H,21,22)(H,26,27,28)/b19-10-. The monoisotopic (exact) mass is 525 g/mol. The van der Waals surface area contributed by atoms with Crippen molar-refractivity contribution in [3.05, 3.63) is 11.1 Å². The van der Waals surface area contributed by atoms with Crippen molar-refractivity contribution in [2.24, 2.45) is 5.16 Å². The lowest BCUT2D eigenvalue weighted by Crippen LogP contribution is -2.73. The van der Waals surface area contributed by atoms with Gasteiger partial charge in [0.1, 0.15) is 24.4 Å². The number of carbonyl (C=O) groups is 4. The molecule has 1 aromatic heterocycles. The Hall–Kier alpha value is -3.55. The smallest absolute Gasteiger partial charge is 0.479 e. The lowest BCUT2D eigenvalue weighted by atomic mass is 9.99. The molecule has 0 saturated carbocycles. The maximum Gasteiger partial charge on any atom is 0.510 e. The molecule has 188 valence electrons. The Bertz CT molecular complexity index is 1090. The molecular formula is C15H19N5O12S2. The molecule has 17 nitrogen and oxygen atoms in total. The van der Waals surface area contributed by atoms with Gasteiger partial charge in [0.2, 0.25) is 12.9 Å². The molecular weight excluding hydrogens is 506 g/mol. The van der Waals surface area contributed by atoms with Crippen LogP contribution in [0, 0.1) is 0 Å². The van der Waals surface area contributed by atoms with E-state index in [2.05, 4.69) is 25.0 Å². The zero-order valence-electron chi connectivity index (χ0n) is 17.4. The number of nitrogens with zero attached hydrogens (tertiary/aromatic N) is 3. The average molecular weight is 525 g/mol. The lowest BCUT2D eigenvalue weighted by molar-refractivity contribution is -0.148. The molecule has 3 atom stereocenters. The highest BCUT2D eigenvalue weighted by molar-refractivity contribution is 7.84. The van der Waals surface area contributed by atoms with Gasteiger partial charge in [0.15, 0.2) is 10.8 Å². The van der Waals surface area contributed by atoms with Crippen molar-refractivity contribution in [3.63, 3.8) is 0 Å². The average Bonchev–Trinajstić information content (AvgIpc) is 3.16. The molecule has 1 saturated heterocycles. The number of β-lactam (4-membered cyclic amide) rings is 1. The van der Waals surface area contributed by atoms with E-state index in [0.717, 1.165) is 11.3 Å². The number of ether oxygens (including phenoxy) is 3. The number of anilines is 1. The molecule has 1 aromatic rings. The highest BCUT2D eigenvalue weighted by atomic mass is 32.2. The van der Waals surface area contributed by atoms with E-state index in [0.29, 0.717) is 0 Å². The van der Waals surface area contributed by atoms with Crippen LogP contribution in [0.3, 0.4) is 0 Å². The molecule has 2 amide bonds. The SMILES string of the molecule is COC(C)OC(=O)OCC1C(NC(=O)/C(=N\OCC(=O)O)c2csc(N)n2)C(=O)N1S(=O)(=O)O. The first-order valence-corrected chi connectivity index (χ1v) is 11.2. The van der Waals surface area contributed by atoms with Crippen LogP contribution in [0.15, 0.2) is 10.5 Å². The Morgan fingerprint density at radius 1 is 1.41 bits per heavy atom. The van der Waals surface area contributed by atoms with Crippen LogP contribution < -0.4 is 11.1 Å². The molecule has 2 rings (SSSR count). The fourth-order valence-electron chi connectivity index (χ4n) is 2.46. The second-order valence-corrected chi connectivity index (χ2v) is 8.47. The van der Waals surface area contributed by atoms with Crippen molar-refractivity contribution in [1.82, 2.24) is 14.6 Å². The number of hydrogen-bond acceptors (Lipinski definition) is 14. The third kappa shape index (κ3) is 6.73. The largest absolute Gasteiger partial charge is 0.510 e. The van der Waals surface area contributed by atoms with Crippen LogP contribution >= 0.6 is 11.3 Å². The number of oxime groups is 1. The molecule has 0 spiro atoms. The summed E-state index contributed by atoms with van der Waals surface area (Å²) in [6.45, 7) is -0.356. The summed E-state index contributed by atoms with van der Waals surface area (Å²) in [7, 11) is -3.83. The van der Waals surface area contributed by atoms with Crippen LogP contribution in [-0.4, -0.2) is 95.7 Å². The molecule has 3 unspecified atom stereocenters. The van der Waals surface area contributed by atoms with Crippen molar-refractivity contribution < 1.29 is 56.3 Å². The van der Waals surface area contributed by atoms with Gasteiger partial charge >= 0.3 is 22.4 Å². The van der Waals surface area contributed by atoms with Crippen molar-refractivity contribution in [2.45, 2.75) is 25.3 Å². The minimum Gasteiger partial charge on any atom is -0.479 e. The van der Waals surface area contributed by atoms with E-state index in [1.54, 1.807) is 0 Å². The number of carbonyl (C=O) groups excluding carboxylic acids is 3. The number of nitrogens with two attached hydrogens (primary N) is 1. The van der Waals surface area contributed by atoms with Gasteiger partial charge in [-0.3, -0.25) is 14.1 Å². The zero-order chi connectivity index (χ0) is 25.6. The maximum absolute atomic E-state index is 12.7. The molecule has 0 aliphatic carbocycles. The number of aromatic nitrogens is 1.